The molecular weight excluding hydrogens is 259 g/mol. The number of nitrogens with zero attached hydrogens (tertiary/aromatic N) is 2. The maximum Gasteiger partial charge on any atom is 0.310 e. The zero-order valence-electron chi connectivity index (χ0n) is 11.2. The molecule has 2 heterocycles. The Balaban J connectivity index is 1.89. The third kappa shape index (κ3) is 2.31. The fourth-order valence-corrected chi connectivity index (χ4v) is 2.59. The summed E-state index contributed by atoms with van der Waals surface area (Å²) in [6.45, 7) is 0.574. The van der Waals surface area contributed by atoms with E-state index in [0.29, 0.717) is 6.54 Å². The third-order valence-corrected chi connectivity index (χ3v) is 3.65. The average Bonchev–Trinajstić information content (AvgIpc) is 2.89. The zero-order chi connectivity index (χ0) is 14.1. The van der Waals surface area contributed by atoms with E-state index in [-0.39, 0.29) is 17.7 Å². The van der Waals surface area contributed by atoms with Crippen molar-refractivity contribution in [1.82, 2.24) is 9.55 Å². The molecule has 0 aliphatic carbocycles. The maximum atomic E-state index is 13.3. The Bertz CT molecular complexity index is 651. The first-order chi connectivity index (χ1) is 9.67. The fraction of sp³-hybridized carbons (Fsp3) is 0.333. The van der Waals surface area contributed by atoms with Crippen LogP contribution in [0.25, 0.3) is 11.3 Å². The highest BCUT2D eigenvalue weighted by Gasteiger charge is 2.26. The number of hydrogen-bond acceptors (Lipinski definition) is 3. The van der Waals surface area contributed by atoms with Crippen molar-refractivity contribution in [1.29, 1.82) is 0 Å². The standard InChI is InChI=1S/C15H15FN2O2/c1-20-15(19)11-5-6-14-17-13(9-18(14)8-11)10-3-2-4-12(16)7-10/h2-4,7,9,11H,5-6,8H2,1H3. The Morgan fingerprint density at radius 2 is 2.35 bits per heavy atom. The first kappa shape index (κ1) is 12.8. The van der Waals surface area contributed by atoms with Crippen LogP contribution >= 0.6 is 0 Å². The second kappa shape index (κ2) is 5.07. The Morgan fingerprint density at radius 3 is 3.10 bits per heavy atom. The van der Waals surface area contributed by atoms with Crippen LogP contribution in [0.1, 0.15) is 12.2 Å². The van der Waals surface area contributed by atoms with Crippen molar-refractivity contribution >= 4 is 5.97 Å². The van der Waals surface area contributed by atoms with Gasteiger partial charge in [-0.05, 0) is 18.6 Å². The molecule has 0 fully saturated rings. The Hall–Kier alpha value is -2.17. The van der Waals surface area contributed by atoms with Gasteiger partial charge in [0, 0.05) is 24.7 Å². The number of benzene rings is 1. The molecule has 2 aromatic rings. The van der Waals surface area contributed by atoms with E-state index in [1.807, 2.05) is 16.8 Å². The monoisotopic (exact) mass is 274 g/mol. The summed E-state index contributed by atoms with van der Waals surface area (Å²) >= 11 is 0. The first-order valence-electron chi connectivity index (χ1n) is 6.57. The molecule has 104 valence electrons. The van der Waals surface area contributed by atoms with E-state index in [9.17, 15) is 9.18 Å². The average molecular weight is 274 g/mol. The number of methoxy groups -OCH3 is 1. The molecule has 0 N–H and O–H groups in total. The quantitative estimate of drug-likeness (QED) is 0.790. The molecule has 1 aliphatic rings. The van der Waals surface area contributed by atoms with Crippen LogP contribution in [0.2, 0.25) is 0 Å². The minimum Gasteiger partial charge on any atom is -0.469 e. The number of halogens is 1. The van der Waals surface area contributed by atoms with Crippen LogP contribution < -0.4 is 0 Å². The summed E-state index contributed by atoms with van der Waals surface area (Å²) in [5.74, 6) is 0.351. The van der Waals surface area contributed by atoms with Gasteiger partial charge in [-0.1, -0.05) is 12.1 Å². The molecule has 1 atom stereocenters. The molecule has 4 nitrogen and oxygen atoms in total. The molecule has 1 unspecified atom stereocenters. The van der Waals surface area contributed by atoms with Gasteiger partial charge in [0.1, 0.15) is 11.6 Å². The highest BCUT2D eigenvalue weighted by molar-refractivity contribution is 5.72. The number of aromatic nitrogens is 2. The van der Waals surface area contributed by atoms with Crippen molar-refractivity contribution in [3.05, 3.63) is 42.1 Å². The third-order valence-electron chi connectivity index (χ3n) is 3.65. The lowest BCUT2D eigenvalue weighted by Gasteiger charge is -2.21. The van der Waals surface area contributed by atoms with Crippen LogP contribution in [0, 0.1) is 11.7 Å². The van der Waals surface area contributed by atoms with Crippen LogP contribution in [-0.2, 0) is 22.5 Å². The molecule has 3 rings (SSSR count). The van der Waals surface area contributed by atoms with Gasteiger partial charge in [0.2, 0.25) is 0 Å². The molecular formula is C15H15FN2O2. The summed E-state index contributed by atoms with van der Waals surface area (Å²) in [4.78, 5) is 16.1. The van der Waals surface area contributed by atoms with E-state index in [1.165, 1.54) is 19.2 Å². The summed E-state index contributed by atoms with van der Waals surface area (Å²) in [6, 6.07) is 6.37. The van der Waals surface area contributed by atoms with Crippen LogP contribution in [0.4, 0.5) is 4.39 Å². The SMILES string of the molecule is COC(=O)C1CCc2nc(-c3cccc(F)c3)cn2C1. The molecule has 0 spiro atoms. The Labute approximate surface area is 116 Å². The maximum absolute atomic E-state index is 13.3. The van der Waals surface area contributed by atoms with Crippen molar-refractivity contribution in [2.24, 2.45) is 5.92 Å². The largest absolute Gasteiger partial charge is 0.469 e. The normalized spacial score (nSPS) is 17.6. The van der Waals surface area contributed by atoms with Crippen LogP contribution in [0.3, 0.4) is 0 Å². The summed E-state index contributed by atoms with van der Waals surface area (Å²) < 4.78 is 20.0. The van der Waals surface area contributed by atoms with Gasteiger partial charge in [-0.3, -0.25) is 4.79 Å². The predicted octanol–water partition coefficient (Wildman–Crippen LogP) is 2.42. The molecule has 1 aliphatic heterocycles. The molecule has 1 aromatic carbocycles. The number of carbonyl (C=O) groups excluding carboxylic acids is 1. The first-order valence-corrected chi connectivity index (χ1v) is 6.57. The molecule has 5 heteroatoms. The number of carbonyl (C=O) groups is 1. The summed E-state index contributed by atoms with van der Waals surface area (Å²) in [5.41, 5.74) is 1.49. The van der Waals surface area contributed by atoms with E-state index in [1.54, 1.807) is 6.07 Å². The molecule has 0 saturated carbocycles. The molecule has 0 amide bonds. The second-order valence-corrected chi connectivity index (χ2v) is 4.96. The number of ether oxygens (including phenoxy) is 1. The smallest absolute Gasteiger partial charge is 0.310 e. The summed E-state index contributed by atoms with van der Waals surface area (Å²) in [6.07, 6.45) is 3.35. The zero-order valence-corrected chi connectivity index (χ0v) is 11.2. The minimum atomic E-state index is -0.277. The van der Waals surface area contributed by atoms with E-state index < -0.39 is 0 Å². The summed E-state index contributed by atoms with van der Waals surface area (Å²) in [7, 11) is 1.41. The van der Waals surface area contributed by atoms with E-state index in [0.717, 1.165) is 29.9 Å². The minimum absolute atomic E-state index is 0.123. The van der Waals surface area contributed by atoms with E-state index in [2.05, 4.69) is 4.98 Å². The van der Waals surface area contributed by atoms with Gasteiger partial charge in [-0.2, -0.15) is 0 Å². The molecule has 20 heavy (non-hydrogen) atoms. The van der Waals surface area contributed by atoms with Crippen LogP contribution in [0.15, 0.2) is 30.5 Å². The molecule has 0 bridgehead atoms. The topological polar surface area (TPSA) is 44.1 Å². The van der Waals surface area contributed by atoms with Gasteiger partial charge in [0.05, 0.1) is 18.7 Å². The summed E-state index contributed by atoms with van der Waals surface area (Å²) in [5, 5.41) is 0. The lowest BCUT2D eigenvalue weighted by molar-refractivity contribution is -0.146. The van der Waals surface area contributed by atoms with Crippen molar-refractivity contribution in [3.63, 3.8) is 0 Å². The lowest BCUT2D eigenvalue weighted by Crippen LogP contribution is -2.27. The predicted molar refractivity (Wildman–Crippen MR) is 71.4 cm³/mol. The van der Waals surface area contributed by atoms with Crippen molar-refractivity contribution in [2.75, 3.05) is 7.11 Å². The highest BCUT2D eigenvalue weighted by Crippen LogP contribution is 2.25. The van der Waals surface area contributed by atoms with Gasteiger partial charge < -0.3 is 9.30 Å². The van der Waals surface area contributed by atoms with Crippen LogP contribution in [0.5, 0.6) is 0 Å². The van der Waals surface area contributed by atoms with Gasteiger partial charge in [-0.15, -0.1) is 0 Å². The number of hydrogen-bond donors (Lipinski definition) is 0. The van der Waals surface area contributed by atoms with E-state index in [4.69, 9.17) is 4.74 Å². The van der Waals surface area contributed by atoms with Crippen LogP contribution in [-0.4, -0.2) is 22.6 Å². The van der Waals surface area contributed by atoms with E-state index >= 15 is 0 Å². The molecule has 0 saturated heterocycles. The molecule has 0 radical (unpaired) electrons. The van der Waals surface area contributed by atoms with Gasteiger partial charge in [0.15, 0.2) is 0 Å². The van der Waals surface area contributed by atoms with Gasteiger partial charge in [-0.25, -0.2) is 9.37 Å². The number of fused-ring (bicyclic) bond motifs is 1. The lowest BCUT2D eigenvalue weighted by atomic mass is 10.00. The van der Waals surface area contributed by atoms with Gasteiger partial charge in [0.25, 0.3) is 0 Å². The highest BCUT2D eigenvalue weighted by atomic mass is 19.1. The fourth-order valence-electron chi connectivity index (χ4n) is 2.59. The van der Waals surface area contributed by atoms with Gasteiger partial charge >= 0.3 is 5.97 Å². The van der Waals surface area contributed by atoms with Crippen molar-refractivity contribution in [2.45, 2.75) is 19.4 Å². The number of esters is 1. The Kier molecular flexibility index (Phi) is 3.26. The molecule has 1 aromatic heterocycles. The van der Waals surface area contributed by atoms with Crippen molar-refractivity contribution in [3.8, 4) is 11.3 Å². The Morgan fingerprint density at radius 1 is 1.50 bits per heavy atom. The van der Waals surface area contributed by atoms with Crippen molar-refractivity contribution < 1.29 is 13.9 Å². The number of aryl methyl sites for hydroxylation is 1. The number of rotatable bonds is 2. The second-order valence-electron chi connectivity index (χ2n) is 4.96. The number of imidazole rings is 1.